The van der Waals surface area contributed by atoms with Gasteiger partial charge in [-0.3, -0.25) is 0 Å². The lowest BCUT2D eigenvalue weighted by molar-refractivity contribution is 0.387. The molecule has 0 unspecified atom stereocenters. The Morgan fingerprint density at radius 3 is 2.65 bits per heavy atom. The fraction of sp³-hybridized carbons (Fsp3) is 0.600. The molecule has 2 rings (SSSR count). The zero-order chi connectivity index (χ0) is 12.1. The molecule has 0 radical (unpaired) electrons. The Morgan fingerprint density at radius 1 is 1.24 bits per heavy atom. The SMILES string of the molecule is COc1ccc(CCN)cc1C1CCCCC1. The second-order valence-corrected chi connectivity index (χ2v) is 4.95. The van der Waals surface area contributed by atoms with Gasteiger partial charge < -0.3 is 10.5 Å². The number of benzene rings is 1. The Morgan fingerprint density at radius 2 is 2.00 bits per heavy atom. The molecular formula is C15H23NO. The average molecular weight is 233 g/mol. The molecule has 1 aromatic carbocycles. The Labute approximate surface area is 104 Å². The summed E-state index contributed by atoms with van der Waals surface area (Å²) in [4.78, 5) is 0. The number of hydrogen-bond acceptors (Lipinski definition) is 2. The van der Waals surface area contributed by atoms with Crippen LogP contribution in [0, 0.1) is 0 Å². The van der Waals surface area contributed by atoms with Gasteiger partial charge in [0.05, 0.1) is 7.11 Å². The summed E-state index contributed by atoms with van der Waals surface area (Å²) in [7, 11) is 1.77. The molecular weight excluding hydrogens is 210 g/mol. The van der Waals surface area contributed by atoms with Crippen LogP contribution in [-0.2, 0) is 6.42 Å². The molecule has 17 heavy (non-hydrogen) atoms. The van der Waals surface area contributed by atoms with Gasteiger partial charge in [-0.15, -0.1) is 0 Å². The fourth-order valence-corrected chi connectivity index (χ4v) is 2.84. The van der Waals surface area contributed by atoms with E-state index in [1.165, 1.54) is 43.2 Å². The maximum absolute atomic E-state index is 5.63. The van der Waals surface area contributed by atoms with Crippen molar-refractivity contribution in [2.75, 3.05) is 13.7 Å². The lowest BCUT2D eigenvalue weighted by Gasteiger charge is -2.24. The predicted octanol–water partition coefficient (Wildman–Crippen LogP) is 3.24. The molecule has 94 valence electrons. The van der Waals surface area contributed by atoms with E-state index in [9.17, 15) is 0 Å². The second-order valence-electron chi connectivity index (χ2n) is 4.95. The number of methoxy groups -OCH3 is 1. The predicted molar refractivity (Wildman–Crippen MR) is 71.6 cm³/mol. The van der Waals surface area contributed by atoms with Gasteiger partial charge in [-0.2, -0.15) is 0 Å². The summed E-state index contributed by atoms with van der Waals surface area (Å²) < 4.78 is 5.50. The van der Waals surface area contributed by atoms with Crippen LogP contribution in [0.3, 0.4) is 0 Å². The van der Waals surface area contributed by atoms with Crippen molar-refractivity contribution in [1.82, 2.24) is 0 Å². The lowest BCUT2D eigenvalue weighted by atomic mass is 9.83. The highest BCUT2D eigenvalue weighted by molar-refractivity contribution is 5.40. The Balaban J connectivity index is 2.24. The standard InChI is InChI=1S/C15H23NO/c1-17-15-8-7-12(9-10-16)11-14(15)13-5-3-2-4-6-13/h7-8,11,13H,2-6,9-10,16H2,1H3. The van der Waals surface area contributed by atoms with Crippen molar-refractivity contribution in [3.8, 4) is 5.75 Å². The Bertz CT molecular complexity index is 356. The first-order valence-corrected chi connectivity index (χ1v) is 6.72. The fourth-order valence-electron chi connectivity index (χ4n) is 2.84. The van der Waals surface area contributed by atoms with Crippen LogP contribution in [0.5, 0.6) is 5.75 Å². The van der Waals surface area contributed by atoms with E-state index in [0.29, 0.717) is 5.92 Å². The van der Waals surface area contributed by atoms with Crippen molar-refractivity contribution in [3.63, 3.8) is 0 Å². The smallest absolute Gasteiger partial charge is 0.122 e. The van der Waals surface area contributed by atoms with Gasteiger partial charge in [0.1, 0.15) is 5.75 Å². The molecule has 0 aliphatic heterocycles. The average Bonchev–Trinajstić information content (AvgIpc) is 2.40. The maximum atomic E-state index is 5.63. The molecule has 0 saturated heterocycles. The summed E-state index contributed by atoms with van der Waals surface area (Å²) in [5.41, 5.74) is 8.37. The summed E-state index contributed by atoms with van der Waals surface area (Å²) in [5.74, 6) is 1.74. The third kappa shape index (κ3) is 3.01. The summed E-state index contributed by atoms with van der Waals surface area (Å²) in [6, 6.07) is 6.55. The van der Waals surface area contributed by atoms with E-state index in [4.69, 9.17) is 10.5 Å². The quantitative estimate of drug-likeness (QED) is 0.866. The van der Waals surface area contributed by atoms with Crippen LogP contribution in [0.2, 0.25) is 0 Å². The van der Waals surface area contributed by atoms with E-state index < -0.39 is 0 Å². The largest absolute Gasteiger partial charge is 0.496 e. The summed E-state index contributed by atoms with van der Waals surface area (Å²) >= 11 is 0. The van der Waals surface area contributed by atoms with Gasteiger partial charge in [-0.25, -0.2) is 0 Å². The van der Waals surface area contributed by atoms with Gasteiger partial charge in [-0.05, 0) is 48.9 Å². The van der Waals surface area contributed by atoms with E-state index in [1.54, 1.807) is 7.11 Å². The maximum Gasteiger partial charge on any atom is 0.122 e. The molecule has 1 aliphatic rings. The van der Waals surface area contributed by atoms with Crippen LogP contribution in [0.15, 0.2) is 18.2 Å². The summed E-state index contributed by atoms with van der Waals surface area (Å²) in [6.07, 6.45) is 7.68. The van der Waals surface area contributed by atoms with Gasteiger partial charge in [0.15, 0.2) is 0 Å². The lowest BCUT2D eigenvalue weighted by Crippen LogP contribution is -2.08. The van der Waals surface area contributed by atoms with Gasteiger partial charge in [0.25, 0.3) is 0 Å². The first kappa shape index (κ1) is 12.4. The minimum absolute atomic E-state index is 0.691. The summed E-state index contributed by atoms with van der Waals surface area (Å²) in [5, 5.41) is 0. The first-order valence-electron chi connectivity index (χ1n) is 6.72. The second kappa shape index (κ2) is 6.06. The van der Waals surface area contributed by atoms with E-state index >= 15 is 0 Å². The highest BCUT2D eigenvalue weighted by Gasteiger charge is 2.19. The van der Waals surface area contributed by atoms with Crippen LogP contribution >= 0.6 is 0 Å². The molecule has 0 heterocycles. The monoisotopic (exact) mass is 233 g/mol. The normalized spacial score (nSPS) is 17.1. The zero-order valence-electron chi connectivity index (χ0n) is 10.7. The van der Waals surface area contributed by atoms with Crippen molar-refractivity contribution in [1.29, 1.82) is 0 Å². The molecule has 0 amide bonds. The minimum atomic E-state index is 0.691. The molecule has 2 N–H and O–H groups in total. The van der Waals surface area contributed by atoms with Crippen LogP contribution in [0.1, 0.15) is 49.1 Å². The van der Waals surface area contributed by atoms with E-state index in [0.717, 1.165) is 18.7 Å². The van der Waals surface area contributed by atoms with E-state index in [1.807, 2.05) is 0 Å². The van der Waals surface area contributed by atoms with Crippen LogP contribution in [-0.4, -0.2) is 13.7 Å². The molecule has 0 atom stereocenters. The molecule has 2 nitrogen and oxygen atoms in total. The Kier molecular flexibility index (Phi) is 4.43. The molecule has 0 aromatic heterocycles. The third-order valence-corrected chi connectivity index (χ3v) is 3.77. The number of nitrogens with two attached hydrogens (primary N) is 1. The molecule has 0 spiro atoms. The van der Waals surface area contributed by atoms with Crippen molar-refractivity contribution in [2.24, 2.45) is 5.73 Å². The molecule has 1 aliphatic carbocycles. The zero-order valence-corrected chi connectivity index (χ0v) is 10.7. The van der Waals surface area contributed by atoms with Crippen molar-refractivity contribution >= 4 is 0 Å². The molecule has 1 aromatic rings. The van der Waals surface area contributed by atoms with Crippen molar-refractivity contribution < 1.29 is 4.74 Å². The minimum Gasteiger partial charge on any atom is -0.496 e. The first-order chi connectivity index (χ1) is 8.35. The van der Waals surface area contributed by atoms with Gasteiger partial charge in [0, 0.05) is 0 Å². The number of ether oxygens (including phenoxy) is 1. The van der Waals surface area contributed by atoms with E-state index in [-0.39, 0.29) is 0 Å². The number of hydrogen-bond donors (Lipinski definition) is 1. The van der Waals surface area contributed by atoms with Gasteiger partial charge >= 0.3 is 0 Å². The molecule has 2 heteroatoms. The molecule has 0 bridgehead atoms. The van der Waals surface area contributed by atoms with Gasteiger partial charge in [0.2, 0.25) is 0 Å². The molecule has 1 fully saturated rings. The Hall–Kier alpha value is -1.02. The van der Waals surface area contributed by atoms with Crippen LogP contribution in [0.4, 0.5) is 0 Å². The third-order valence-electron chi connectivity index (χ3n) is 3.77. The number of rotatable bonds is 4. The van der Waals surface area contributed by atoms with Crippen LogP contribution in [0.25, 0.3) is 0 Å². The molecule has 1 saturated carbocycles. The van der Waals surface area contributed by atoms with E-state index in [2.05, 4.69) is 18.2 Å². The van der Waals surface area contributed by atoms with Gasteiger partial charge in [-0.1, -0.05) is 31.4 Å². The van der Waals surface area contributed by atoms with Crippen molar-refractivity contribution in [3.05, 3.63) is 29.3 Å². The van der Waals surface area contributed by atoms with Crippen LogP contribution < -0.4 is 10.5 Å². The topological polar surface area (TPSA) is 35.2 Å². The van der Waals surface area contributed by atoms with Crippen molar-refractivity contribution in [2.45, 2.75) is 44.4 Å². The highest BCUT2D eigenvalue weighted by atomic mass is 16.5. The highest BCUT2D eigenvalue weighted by Crippen LogP contribution is 2.37. The summed E-state index contributed by atoms with van der Waals surface area (Å²) in [6.45, 7) is 0.719.